The van der Waals surface area contributed by atoms with Gasteiger partial charge < -0.3 is 5.11 Å². The standard InChI is InChI=1S/C12H12FNO4S/c1-2-3-4-7-14-19(17,18)9-5-6-11(13)10(8-9)12(15)16/h1,5-6,8,14H,3-4,7H2,(H,15,16). The fraction of sp³-hybridized carbons (Fsp3) is 0.250. The Morgan fingerprint density at radius 2 is 2.16 bits per heavy atom. The molecule has 7 heteroatoms. The molecule has 2 N–H and O–H groups in total. The number of terminal acetylenes is 1. The highest BCUT2D eigenvalue weighted by atomic mass is 32.2. The van der Waals surface area contributed by atoms with Crippen LogP contribution in [0, 0.1) is 18.2 Å². The molecule has 0 bridgehead atoms. The van der Waals surface area contributed by atoms with Crippen molar-refractivity contribution in [3.63, 3.8) is 0 Å². The number of hydrogen-bond donors (Lipinski definition) is 2. The van der Waals surface area contributed by atoms with E-state index >= 15 is 0 Å². The Balaban J connectivity index is 2.93. The molecule has 1 rings (SSSR count). The third kappa shape index (κ3) is 4.05. The Labute approximate surface area is 110 Å². The van der Waals surface area contributed by atoms with E-state index in [0.29, 0.717) is 12.8 Å². The maximum Gasteiger partial charge on any atom is 0.338 e. The molecule has 0 aliphatic heterocycles. The van der Waals surface area contributed by atoms with Crippen LogP contribution in [0.15, 0.2) is 23.1 Å². The first-order valence-electron chi connectivity index (χ1n) is 5.34. The van der Waals surface area contributed by atoms with Crippen molar-refractivity contribution in [2.45, 2.75) is 17.7 Å². The highest BCUT2D eigenvalue weighted by molar-refractivity contribution is 7.89. The van der Waals surface area contributed by atoms with Gasteiger partial charge in [0.15, 0.2) is 0 Å². The first-order valence-corrected chi connectivity index (χ1v) is 6.83. The number of sulfonamides is 1. The number of benzene rings is 1. The number of carboxylic acids is 1. The normalized spacial score (nSPS) is 10.9. The van der Waals surface area contributed by atoms with Crippen LogP contribution in [0.4, 0.5) is 4.39 Å². The Bertz CT molecular complexity index is 619. The second-order valence-electron chi connectivity index (χ2n) is 3.65. The topological polar surface area (TPSA) is 83.5 Å². The number of aromatic carboxylic acids is 1. The summed E-state index contributed by atoms with van der Waals surface area (Å²) >= 11 is 0. The molecule has 0 aliphatic carbocycles. The van der Waals surface area contributed by atoms with Crippen molar-refractivity contribution in [3.8, 4) is 12.3 Å². The average molecular weight is 285 g/mol. The van der Waals surface area contributed by atoms with Crippen molar-refractivity contribution in [2.75, 3.05) is 6.54 Å². The molecular formula is C12H12FNO4S. The van der Waals surface area contributed by atoms with Crippen LogP contribution >= 0.6 is 0 Å². The average Bonchev–Trinajstić information content (AvgIpc) is 2.34. The van der Waals surface area contributed by atoms with Crippen LogP contribution in [0.1, 0.15) is 23.2 Å². The summed E-state index contributed by atoms with van der Waals surface area (Å²) in [5.74, 6) is -0.150. The summed E-state index contributed by atoms with van der Waals surface area (Å²) in [5.41, 5.74) is -0.688. The van der Waals surface area contributed by atoms with Crippen LogP contribution in [0.25, 0.3) is 0 Å². The maximum absolute atomic E-state index is 13.1. The highest BCUT2D eigenvalue weighted by Gasteiger charge is 2.18. The molecule has 0 atom stereocenters. The molecule has 0 spiro atoms. The molecular weight excluding hydrogens is 273 g/mol. The summed E-state index contributed by atoms with van der Waals surface area (Å²) in [7, 11) is -3.86. The van der Waals surface area contributed by atoms with Crippen molar-refractivity contribution in [1.29, 1.82) is 0 Å². The van der Waals surface area contributed by atoms with Crippen LogP contribution in [-0.4, -0.2) is 26.0 Å². The number of carbonyl (C=O) groups is 1. The van der Waals surface area contributed by atoms with Gasteiger partial charge in [0.05, 0.1) is 10.5 Å². The van der Waals surface area contributed by atoms with Crippen LogP contribution in [-0.2, 0) is 10.0 Å². The third-order valence-corrected chi connectivity index (χ3v) is 3.73. The number of hydrogen-bond acceptors (Lipinski definition) is 3. The third-order valence-electron chi connectivity index (χ3n) is 2.27. The summed E-state index contributed by atoms with van der Waals surface area (Å²) in [6.07, 6.45) is 5.91. The Kier molecular flexibility index (Phi) is 5.03. The molecule has 0 saturated heterocycles. The summed E-state index contributed by atoms with van der Waals surface area (Å²) in [5, 5.41) is 8.72. The van der Waals surface area contributed by atoms with Crippen LogP contribution < -0.4 is 4.72 Å². The van der Waals surface area contributed by atoms with Gasteiger partial charge in [-0.15, -0.1) is 12.3 Å². The van der Waals surface area contributed by atoms with Crippen molar-refractivity contribution in [1.82, 2.24) is 4.72 Å². The van der Waals surface area contributed by atoms with Gasteiger partial charge in [0, 0.05) is 13.0 Å². The van der Waals surface area contributed by atoms with E-state index < -0.39 is 27.4 Å². The molecule has 1 aromatic rings. The molecule has 5 nitrogen and oxygen atoms in total. The highest BCUT2D eigenvalue weighted by Crippen LogP contribution is 2.15. The predicted octanol–water partition coefficient (Wildman–Crippen LogP) is 1.22. The van der Waals surface area contributed by atoms with Gasteiger partial charge in [0.25, 0.3) is 0 Å². The molecule has 0 saturated carbocycles. The first kappa shape index (κ1) is 15.1. The lowest BCUT2D eigenvalue weighted by molar-refractivity contribution is 0.0691. The molecule has 0 heterocycles. The monoisotopic (exact) mass is 285 g/mol. The van der Waals surface area contributed by atoms with Crippen molar-refractivity contribution in [2.24, 2.45) is 0 Å². The first-order chi connectivity index (χ1) is 8.88. The minimum Gasteiger partial charge on any atom is -0.478 e. The van der Waals surface area contributed by atoms with E-state index in [1.807, 2.05) is 0 Å². The second-order valence-corrected chi connectivity index (χ2v) is 5.42. The summed E-state index contributed by atoms with van der Waals surface area (Å²) in [6, 6.07) is 2.59. The van der Waals surface area contributed by atoms with Gasteiger partial charge in [-0.25, -0.2) is 22.3 Å². The fourth-order valence-electron chi connectivity index (χ4n) is 1.32. The SMILES string of the molecule is C#CCCCNS(=O)(=O)c1ccc(F)c(C(=O)O)c1. The number of halogens is 1. The van der Waals surface area contributed by atoms with Gasteiger partial charge in [-0.1, -0.05) is 0 Å². The van der Waals surface area contributed by atoms with Gasteiger partial charge in [0.2, 0.25) is 10.0 Å². The molecule has 102 valence electrons. The lowest BCUT2D eigenvalue weighted by Crippen LogP contribution is -2.25. The molecule has 0 aromatic heterocycles. The zero-order chi connectivity index (χ0) is 14.5. The summed E-state index contributed by atoms with van der Waals surface area (Å²) in [4.78, 5) is 10.4. The minimum atomic E-state index is -3.86. The zero-order valence-electron chi connectivity index (χ0n) is 9.89. The second kappa shape index (κ2) is 6.31. The molecule has 1 aromatic carbocycles. The lowest BCUT2D eigenvalue weighted by atomic mass is 10.2. The van der Waals surface area contributed by atoms with Gasteiger partial charge in [-0.05, 0) is 24.6 Å². The minimum absolute atomic E-state index is 0.131. The summed E-state index contributed by atoms with van der Waals surface area (Å²) < 4.78 is 39.0. The van der Waals surface area contributed by atoms with E-state index in [-0.39, 0.29) is 11.4 Å². The Morgan fingerprint density at radius 3 is 2.74 bits per heavy atom. The van der Waals surface area contributed by atoms with Gasteiger partial charge in [-0.3, -0.25) is 0 Å². The molecule has 0 radical (unpaired) electrons. The van der Waals surface area contributed by atoms with E-state index in [0.717, 1.165) is 18.2 Å². The molecule has 0 unspecified atom stereocenters. The molecule has 0 aliphatic rings. The van der Waals surface area contributed by atoms with E-state index in [1.165, 1.54) is 0 Å². The molecule has 0 fully saturated rings. The fourth-order valence-corrected chi connectivity index (χ4v) is 2.42. The molecule has 0 amide bonds. The smallest absolute Gasteiger partial charge is 0.338 e. The van der Waals surface area contributed by atoms with Crippen LogP contribution in [0.5, 0.6) is 0 Å². The van der Waals surface area contributed by atoms with E-state index in [2.05, 4.69) is 10.6 Å². The number of nitrogens with one attached hydrogen (secondary N) is 1. The van der Waals surface area contributed by atoms with E-state index in [1.54, 1.807) is 0 Å². The maximum atomic E-state index is 13.1. The Hall–Kier alpha value is -1.91. The quantitative estimate of drug-likeness (QED) is 0.608. The number of rotatable bonds is 6. The number of unbranched alkanes of at least 4 members (excludes halogenated alkanes) is 1. The largest absolute Gasteiger partial charge is 0.478 e. The Morgan fingerprint density at radius 1 is 1.47 bits per heavy atom. The van der Waals surface area contributed by atoms with Crippen molar-refractivity contribution >= 4 is 16.0 Å². The zero-order valence-corrected chi connectivity index (χ0v) is 10.7. The van der Waals surface area contributed by atoms with Gasteiger partial charge in [0.1, 0.15) is 5.82 Å². The van der Waals surface area contributed by atoms with Crippen molar-refractivity contribution < 1.29 is 22.7 Å². The molecule has 19 heavy (non-hydrogen) atoms. The van der Waals surface area contributed by atoms with Gasteiger partial charge in [-0.2, -0.15) is 0 Å². The van der Waals surface area contributed by atoms with Crippen LogP contribution in [0.3, 0.4) is 0 Å². The lowest BCUT2D eigenvalue weighted by Gasteiger charge is -2.07. The number of carboxylic acid groups (broad SMARTS) is 1. The van der Waals surface area contributed by atoms with Gasteiger partial charge >= 0.3 is 5.97 Å². The van der Waals surface area contributed by atoms with Crippen molar-refractivity contribution in [3.05, 3.63) is 29.6 Å². The van der Waals surface area contributed by atoms with Crippen LogP contribution in [0.2, 0.25) is 0 Å². The van der Waals surface area contributed by atoms with E-state index in [9.17, 15) is 17.6 Å². The predicted molar refractivity (Wildman–Crippen MR) is 66.6 cm³/mol. The van der Waals surface area contributed by atoms with E-state index in [4.69, 9.17) is 11.5 Å². The summed E-state index contributed by atoms with van der Waals surface area (Å²) in [6.45, 7) is 0.131.